The number of benzene rings is 1. The van der Waals surface area contributed by atoms with Gasteiger partial charge in [-0.3, -0.25) is 0 Å². The molecule has 4 heteroatoms. The summed E-state index contributed by atoms with van der Waals surface area (Å²) in [7, 11) is 2.05. The third kappa shape index (κ3) is 2.22. The molecule has 1 heterocycles. The fourth-order valence-corrected chi connectivity index (χ4v) is 2.26. The lowest BCUT2D eigenvalue weighted by molar-refractivity contribution is 0.736. The minimum atomic E-state index is 0.313. The summed E-state index contributed by atoms with van der Waals surface area (Å²) in [4.78, 5) is 6.54. The number of hydrogen-bond donors (Lipinski definition) is 0. The Morgan fingerprint density at radius 1 is 1.25 bits per heavy atom. The summed E-state index contributed by atoms with van der Waals surface area (Å²) >= 11 is 1.45. The third-order valence-electron chi connectivity index (χ3n) is 2.68. The zero-order valence-electron chi connectivity index (χ0n) is 9.71. The molecule has 1 aromatic carbocycles. The van der Waals surface area contributed by atoms with Crippen LogP contribution in [0.5, 0.6) is 0 Å². The number of rotatable bonds is 3. The number of hydrogen-bond acceptors (Lipinski definition) is 4. The van der Waals surface area contributed by atoms with E-state index in [1.807, 2.05) is 13.0 Å². The van der Waals surface area contributed by atoms with Crippen molar-refractivity contribution in [3.8, 4) is 0 Å². The standard InChI is InChI=1S/C12H15N3S/c1-9(11-7-5-4-6-8-11)15(3)12-13-10(2)14-16-12/h4-9H,1-3H3. The fourth-order valence-electron chi connectivity index (χ4n) is 1.55. The first-order chi connectivity index (χ1) is 7.68. The fraction of sp³-hybridized carbons (Fsp3) is 0.333. The van der Waals surface area contributed by atoms with Crippen LogP contribution in [0.1, 0.15) is 24.4 Å². The van der Waals surface area contributed by atoms with Gasteiger partial charge in [0.25, 0.3) is 0 Å². The van der Waals surface area contributed by atoms with E-state index in [0.29, 0.717) is 6.04 Å². The molecule has 2 aromatic rings. The van der Waals surface area contributed by atoms with Gasteiger partial charge >= 0.3 is 0 Å². The molecular weight excluding hydrogens is 218 g/mol. The zero-order valence-corrected chi connectivity index (χ0v) is 10.5. The molecule has 0 aliphatic carbocycles. The molecule has 0 bridgehead atoms. The van der Waals surface area contributed by atoms with Crippen LogP contribution in [0.4, 0.5) is 5.13 Å². The van der Waals surface area contributed by atoms with Crippen molar-refractivity contribution in [3.63, 3.8) is 0 Å². The smallest absolute Gasteiger partial charge is 0.205 e. The lowest BCUT2D eigenvalue weighted by Gasteiger charge is -2.24. The van der Waals surface area contributed by atoms with Crippen LogP contribution in [0.25, 0.3) is 0 Å². The highest BCUT2D eigenvalue weighted by Crippen LogP contribution is 2.25. The van der Waals surface area contributed by atoms with Crippen molar-refractivity contribution in [2.45, 2.75) is 19.9 Å². The largest absolute Gasteiger partial charge is 0.343 e. The molecule has 0 spiro atoms. The maximum Gasteiger partial charge on any atom is 0.205 e. The molecule has 84 valence electrons. The number of nitrogens with zero attached hydrogens (tertiary/aromatic N) is 3. The zero-order chi connectivity index (χ0) is 11.5. The quantitative estimate of drug-likeness (QED) is 0.816. The Balaban J connectivity index is 2.19. The minimum absolute atomic E-state index is 0.313. The number of aryl methyl sites for hydroxylation is 1. The van der Waals surface area contributed by atoms with E-state index in [1.165, 1.54) is 17.1 Å². The van der Waals surface area contributed by atoms with E-state index in [0.717, 1.165) is 11.0 Å². The Labute approximate surface area is 99.9 Å². The van der Waals surface area contributed by atoms with Crippen molar-refractivity contribution in [2.75, 3.05) is 11.9 Å². The van der Waals surface area contributed by atoms with Gasteiger partial charge < -0.3 is 4.90 Å². The molecule has 0 radical (unpaired) electrons. The summed E-state index contributed by atoms with van der Waals surface area (Å²) in [6.07, 6.45) is 0. The Kier molecular flexibility index (Phi) is 3.19. The number of aromatic nitrogens is 2. The van der Waals surface area contributed by atoms with Crippen LogP contribution in [0.15, 0.2) is 30.3 Å². The average molecular weight is 233 g/mol. The third-order valence-corrected chi connectivity index (χ3v) is 3.58. The Morgan fingerprint density at radius 3 is 2.50 bits per heavy atom. The molecule has 2 rings (SSSR count). The van der Waals surface area contributed by atoms with Gasteiger partial charge in [0.05, 0.1) is 6.04 Å². The van der Waals surface area contributed by atoms with Crippen molar-refractivity contribution in [2.24, 2.45) is 0 Å². The molecule has 16 heavy (non-hydrogen) atoms. The van der Waals surface area contributed by atoms with Crippen LogP contribution < -0.4 is 4.90 Å². The maximum atomic E-state index is 4.39. The number of anilines is 1. The normalized spacial score (nSPS) is 12.4. The highest BCUT2D eigenvalue weighted by Gasteiger charge is 2.14. The molecule has 1 unspecified atom stereocenters. The lowest BCUT2D eigenvalue weighted by atomic mass is 10.1. The van der Waals surface area contributed by atoms with E-state index < -0.39 is 0 Å². The van der Waals surface area contributed by atoms with Gasteiger partial charge in [-0.05, 0) is 19.4 Å². The van der Waals surface area contributed by atoms with Crippen LogP contribution in [-0.4, -0.2) is 16.4 Å². The van der Waals surface area contributed by atoms with Gasteiger partial charge in [0.1, 0.15) is 5.82 Å². The lowest BCUT2D eigenvalue weighted by Crippen LogP contribution is -2.21. The van der Waals surface area contributed by atoms with Gasteiger partial charge in [0, 0.05) is 18.6 Å². The minimum Gasteiger partial charge on any atom is -0.343 e. The van der Waals surface area contributed by atoms with Crippen LogP contribution in [0, 0.1) is 6.92 Å². The van der Waals surface area contributed by atoms with E-state index in [9.17, 15) is 0 Å². The Bertz CT molecular complexity index is 452. The summed E-state index contributed by atoms with van der Waals surface area (Å²) in [5, 5.41) is 0.967. The van der Waals surface area contributed by atoms with E-state index in [1.54, 1.807) is 0 Å². The molecule has 0 aliphatic heterocycles. The topological polar surface area (TPSA) is 29.0 Å². The van der Waals surface area contributed by atoms with Crippen molar-refractivity contribution in [3.05, 3.63) is 41.7 Å². The highest BCUT2D eigenvalue weighted by atomic mass is 32.1. The first-order valence-electron chi connectivity index (χ1n) is 5.26. The predicted molar refractivity (Wildman–Crippen MR) is 67.9 cm³/mol. The molecule has 0 saturated heterocycles. The van der Waals surface area contributed by atoms with Crippen LogP contribution in [0.3, 0.4) is 0 Å². The molecule has 0 fully saturated rings. The van der Waals surface area contributed by atoms with Crippen LogP contribution >= 0.6 is 11.5 Å². The van der Waals surface area contributed by atoms with Crippen molar-refractivity contribution < 1.29 is 0 Å². The van der Waals surface area contributed by atoms with E-state index in [2.05, 4.69) is 52.5 Å². The van der Waals surface area contributed by atoms with E-state index in [-0.39, 0.29) is 0 Å². The monoisotopic (exact) mass is 233 g/mol. The summed E-state index contributed by atoms with van der Waals surface area (Å²) < 4.78 is 4.20. The van der Waals surface area contributed by atoms with Gasteiger partial charge in [-0.25, -0.2) is 4.98 Å². The van der Waals surface area contributed by atoms with Gasteiger partial charge in [-0.2, -0.15) is 4.37 Å². The molecule has 0 N–H and O–H groups in total. The molecule has 0 saturated carbocycles. The van der Waals surface area contributed by atoms with E-state index >= 15 is 0 Å². The molecule has 1 atom stereocenters. The Morgan fingerprint density at radius 2 is 1.94 bits per heavy atom. The van der Waals surface area contributed by atoms with Crippen LogP contribution in [-0.2, 0) is 0 Å². The highest BCUT2D eigenvalue weighted by molar-refractivity contribution is 7.09. The first kappa shape index (κ1) is 11.1. The van der Waals surface area contributed by atoms with Gasteiger partial charge in [0.15, 0.2) is 0 Å². The SMILES string of the molecule is Cc1nsc(N(C)C(C)c2ccccc2)n1. The summed E-state index contributed by atoms with van der Waals surface area (Å²) in [5.41, 5.74) is 1.29. The van der Waals surface area contributed by atoms with Crippen molar-refractivity contribution >= 4 is 16.7 Å². The second-order valence-electron chi connectivity index (χ2n) is 3.82. The first-order valence-corrected chi connectivity index (χ1v) is 6.04. The molecule has 0 amide bonds. The molecular formula is C12H15N3S. The van der Waals surface area contributed by atoms with Gasteiger partial charge in [0.2, 0.25) is 5.13 Å². The van der Waals surface area contributed by atoms with Crippen LogP contribution in [0.2, 0.25) is 0 Å². The molecule has 1 aromatic heterocycles. The predicted octanol–water partition coefficient (Wildman–Crippen LogP) is 3.04. The van der Waals surface area contributed by atoms with Crippen molar-refractivity contribution in [1.29, 1.82) is 0 Å². The summed E-state index contributed by atoms with van der Waals surface area (Å²) in [5.74, 6) is 0.840. The molecule has 3 nitrogen and oxygen atoms in total. The second-order valence-corrected chi connectivity index (χ2v) is 4.55. The second kappa shape index (κ2) is 4.61. The maximum absolute atomic E-state index is 4.39. The summed E-state index contributed by atoms with van der Waals surface area (Å²) in [6.45, 7) is 4.09. The summed E-state index contributed by atoms with van der Waals surface area (Å²) in [6, 6.07) is 10.7. The van der Waals surface area contributed by atoms with E-state index in [4.69, 9.17) is 0 Å². The Hall–Kier alpha value is -1.42. The average Bonchev–Trinajstić information content (AvgIpc) is 2.75. The molecule has 0 aliphatic rings. The van der Waals surface area contributed by atoms with Gasteiger partial charge in [-0.15, -0.1) is 0 Å². The van der Waals surface area contributed by atoms with Crippen molar-refractivity contribution in [1.82, 2.24) is 9.36 Å². The van der Waals surface area contributed by atoms with Gasteiger partial charge in [-0.1, -0.05) is 30.3 Å².